The van der Waals surface area contributed by atoms with Crippen molar-refractivity contribution in [1.29, 1.82) is 0 Å². The molecule has 8 nitrogen and oxygen atoms in total. The molecule has 4 aromatic rings. The molecule has 4 rings (SSSR count). The van der Waals surface area contributed by atoms with Gasteiger partial charge in [-0.05, 0) is 35.7 Å². The van der Waals surface area contributed by atoms with Crippen LogP contribution in [0.4, 0.5) is 16.3 Å². The number of ether oxygens (including phenoxy) is 1. The summed E-state index contributed by atoms with van der Waals surface area (Å²) in [4.78, 5) is 27.0. The molecule has 5 N–H and O–H groups in total. The Balaban J connectivity index is 1.52. The highest BCUT2D eigenvalue weighted by Crippen LogP contribution is 2.31. The molecule has 0 bridgehead atoms. The van der Waals surface area contributed by atoms with Gasteiger partial charge in [-0.2, -0.15) is 15.0 Å². The number of nitrogens with two attached hydrogens (primary N) is 2. The van der Waals surface area contributed by atoms with E-state index in [4.69, 9.17) is 16.2 Å². The Morgan fingerprint density at radius 3 is 2.50 bits per heavy atom. The maximum absolute atomic E-state index is 13.9. The van der Waals surface area contributed by atoms with E-state index >= 15 is 0 Å². The number of aryl methyl sites for hydroxylation is 1. The van der Waals surface area contributed by atoms with Crippen LogP contribution in [0.15, 0.2) is 48.5 Å². The second-order valence-corrected chi connectivity index (χ2v) is 6.66. The predicted octanol–water partition coefficient (Wildman–Crippen LogP) is 3.00. The molecular formula is C21H19FN6O2. The number of esters is 1. The van der Waals surface area contributed by atoms with E-state index in [1.807, 2.05) is 30.3 Å². The number of hydrogen-bond acceptors (Lipinski definition) is 7. The fourth-order valence-corrected chi connectivity index (χ4v) is 3.30. The maximum Gasteiger partial charge on any atom is 0.306 e. The van der Waals surface area contributed by atoms with Gasteiger partial charge in [0.2, 0.25) is 11.9 Å². The summed E-state index contributed by atoms with van der Waals surface area (Å²) in [5.74, 6) is -0.691. The number of anilines is 2. The maximum atomic E-state index is 13.9. The predicted molar refractivity (Wildman–Crippen MR) is 110 cm³/mol. The van der Waals surface area contributed by atoms with Crippen LogP contribution in [0.3, 0.4) is 0 Å². The van der Waals surface area contributed by atoms with Gasteiger partial charge in [-0.15, -0.1) is 0 Å². The van der Waals surface area contributed by atoms with E-state index < -0.39 is 5.97 Å². The summed E-state index contributed by atoms with van der Waals surface area (Å²) in [6.45, 7) is -0.163. The van der Waals surface area contributed by atoms with Gasteiger partial charge in [0.05, 0.1) is 0 Å². The molecule has 0 amide bonds. The zero-order valence-electron chi connectivity index (χ0n) is 15.9. The molecule has 30 heavy (non-hydrogen) atoms. The van der Waals surface area contributed by atoms with E-state index in [1.54, 1.807) is 6.07 Å². The number of aromatic nitrogens is 4. The van der Waals surface area contributed by atoms with Crippen molar-refractivity contribution in [1.82, 2.24) is 19.9 Å². The number of benzene rings is 2. The molecule has 2 aromatic carbocycles. The van der Waals surface area contributed by atoms with Crippen LogP contribution in [0.25, 0.3) is 22.2 Å². The molecule has 0 atom stereocenters. The number of aromatic amines is 1. The lowest BCUT2D eigenvalue weighted by atomic mass is 10.0. The Labute approximate surface area is 171 Å². The van der Waals surface area contributed by atoms with E-state index in [0.717, 1.165) is 27.7 Å². The number of H-pyrrole nitrogens is 1. The van der Waals surface area contributed by atoms with Gasteiger partial charge < -0.3 is 21.2 Å². The zero-order chi connectivity index (χ0) is 21.1. The zero-order valence-corrected chi connectivity index (χ0v) is 15.9. The number of hydrogen-bond donors (Lipinski definition) is 3. The summed E-state index contributed by atoms with van der Waals surface area (Å²) in [6.07, 6.45) is 0.466. The molecule has 0 saturated carbocycles. The van der Waals surface area contributed by atoms with Crippen molar-refractivity contribution < 1.29 is 13.9 Å². The van der Waals surface area contributed by atoms with E-state index in [1.165, 1.54) is 12.1 Å². The average Bonchev–Trinajstić information content (AvgIpc) is 3.08. The molecule has 0 unspecified atom stereocenters. The van der Waals surface area contributed by atoms with Gasteiger partial charge >= 0.3 is 5.97 Å². The Bertz CT molecular complexity index is 1190. The molecule has 0 fully saturated rings. The first-order valence-electron chi connectivity index (χ1n) is 9.26. The van der Waals surface area contributed by atoms with Crippen molar-refractivity contribution in [3.8, 4) is 11.3 Å². The molecule has 2 heterocycles. The largest absolute Gasteiger partial charge is 0.457 e. The summed E-state index contributed by atoms with van der Waals surface area (Å²) in [5, 5.41) is 0.736. The summed E-state index contributed by atoms with van der Waals surface area (Å²) in [7, 11) is 0. The van der Waals surface area contributed by atoms with Crippen molar-refractivity contribution in [3.63, 3.8) is 0 Å². The lowest BCUT2D eigenvalue weighted by Crippen LogP contribution is -2.11. The van der Waals surface area contributed by atoms with Gasteiger partial charge in [0.1, 0.15) is 5.82 Å². The van der Waals surface area contributed by atoms with E-state index in [-0.39, 0.29) is 36.6 Å². The van der Waals surface area contributed by atoms with Crippen LogP contribution >= 0.6 is 0 Å². The van der Waals surface area contributed by atoms with Gasteiger partial charge in [-0.3, -0.25) is 4.79 Å². The van der Waals surface area contributed by atoms with Crippen LogP contribution in [0.5, 0.6) is 0 Å². The van der Waals surface area contributed by atoms with Crippen LogP contribution in [0, 0.1) is 5.82 Å². The van der Waals surface area contributed by atoms with Crippen molar-refractivity contribution in [2.24, 2.45) is 0 Å². The first-order valence-corrected chi connectivity index (χ1v) is 9.26. The number of nitrogen functional groups attached to an aromatic ring is 2. The van der Waals surface area contributed by atoms with E-state index in [9.17, 15) is 9.18 Å². The number of rotatable bonds is 6. The quantitative estimate of drug-likeness (QED) is 0.419. The topological polar surface area (TPSA) is 133 Å². The summed E-state index contributed by atoms with van der Waals surface area (Å²) < 4.78 is 19.1. The minimum atomic E-state index is -0.447. The average molecular weight is 406 g/mol. The number of carbonyl (C=O) groups is 1. The minimum absolute atomic E-state index is 0.0399. The highest BCUT2D eigenvalue weighted by atomic mass is 19.1. The molecular weight excluding hydrogens is 387 g/mol. The lowest BCUT2D eigenvalue weighted by molar-refractivity contribution is -0.145. The van der Waals surface area contributed by atoms with Gasteiger partial charge in [-0.1, -0.05) is 30.3 Å². The highest BCUT2D eigenvalue weighted by Gasteiger charge is 2.16. The molecule has 0 saturated heterocycles. The highest BCUT2D eigenvalue weighted by molar-refractivity contribution is 5.91. The molecule has 0 aliphatic rings. The fraction of sp³-hybridized carbons (Fsp3) is 0.143. The molecule has 2 aromatic heterocycles. The normalized spacial score (nSPS) is 11.0. The molecule has 0 spiro atoms. The number of halogens is 1. The first-order chi connectivity index (χ1) is 14.5. The Morgan fingerprint density at radius 2 is 1.77 bits per heavy atom. The smallest absolute Gasteiger partial charge is 0.306 e. The number of carbonyl (C=O) groups excluding carboxylic acids is 1. The Hall–Kier alpha value is -4.01. The number of fused-ring (bicyclic) bond motifs is 1. The van der Waals surface area contributed by atoms with Crippen LogP contribution in [-0.4, -0.2) is 25.9 Å². The molecule has 0 aliphatic heterocycles. The first kappa shape index (κ1) is 19.3. The molecule has 0 radical (unpaired) electrons. The third-order valence-corrected chi connectivity index (χ3v) is 4.59. The number of nitrogens with zero attached hydrogens (tertiary/aromatic N) is 3. The lowest BCUT2D eigenvalue weighted by Gasteiger charge is -2.07. The van der Waals surface area contributed by atoms with Crippen LogP contribution in [0.1, 0.15) is 17.8 Å². The number of nitrogens with one attached hydrogen (secondary N) is 1. The second-order valence-electron chi connectivity index (χ2n) is 6.66. The van der Waals surface area contributed by atoms with Crippen molar-refractivity contribution in [3.05, 3.63) is 65.7 Å². The van der Waals surface area contributed by atoms with Crippen LogP contribution in [-0.2, 0) is 22.6 Å². The van der Waals surface area contributed by atoms with E-state index in [2.05, 4.69) is 19.9 Å². The summed E-state index contributed by atoms with van der Waals surface area (Å²) >= 11 is 0. The van der Waals surface area contributed by atoms with E-state index in [0.29, 0.717) is 6.42 Å². The Morgan fingerprint density at radius 1 is 1.03 bits per heavy atom. The van der Waals surface area contributed by atoms with Gasteiger partial charge in [0.25, 0.3) is 0 Å². The minimum Gasteiger partial charge on any atom is -0.457 e. The third-order valence-electron chi connectivity index (χ3n) is 4.59. The standard InChI is InChI=1S/C21H19FN6O2/c22-13-6-8-16-15(10-13)14(19(25-16)12-4-2-1-3-5-12)7-9-18(29)30-11-17-26-20(23)28-21(24)27-17/h1-6,8,10,25H,7,9,11H2,(H4,23,24,26,27,28). The van der Waals surface area contributed by atoms with Crippen molar-refractivity contribution in [2.45, 2.75) is 19.4 Å². The molecule has 9 heteroatoms. The Kier molecular flexibility index (Phi) is 5.25. The monoisotopic (exact) mass is 406 g/mol. The molecule has 152 valence electrons. The third kappa shape index (κ3) is 4.19. The van der Waals surface area contributed by atoms with Crippen molar-refractivity contribution >= 4 is 28.8 Å². The summed E-state index contributed by atoms with van der Waals surface area (Å²) in [5.41, 5.74) is 14.5. The SMILES string of the molecule is Nc1nc(N)nc(COC(=O)CCc2c(-c3ccccc3)[nH]c3ccc(F)cc23)n1. The molecule has 0 aliphatic carbocycles. The van der Waals surface area contributed by atoms with Crippen LogP contribution in [0.2, 0.25) is 0 Å². The second kappa shape index (κ2) is 8.16. The van der Waals surface area contributed by atoms with Gasteiger partial charge in [0, 0.05) is 23.0 Å². The van der Waals surface area contributed by atoms with Crippen LogP contribution < -0.4 is 11.5 Å². The fourth-order valence-electron chi connectivity index (χ4n) is 3.30. The summed E-state index contributed by atoms with van der Waals surface area (Å²) in [6, 6.07) is 14.2. The van der Waals surface area contributed by atoms with Gasteiger partial charge in [-0.25, -0.2) is 4.39 Å². The van der Waals surface area contributed by atoms with Crippen molar-refractivity contribution in [2.75, 3.05) is 11.5 Å². The van der Waals surface area contributed by atoms with Gasteiger partial charge in [0.15, 0.2) is 12.4 Å².